The number of nitrogens with one attached hydrogen (secondary N) is 1. The van der Waals surface area contributed by atoms with E-state index in [4.69, 9.17) is 0 Å². The van der Waals surface area contributed by atoms with Crippen molar-refractivity contribution in [3.8, 4) is 0 Å². The lowest BCUT2D eigenvalue weighted by Gasteiger charge is -2.37. The molecule has 2 aliphatic rings. The molecule has 0 unspecified atom stereocenters. The molecule has 0 heterocycles. The maximum atomic E-state index is 10.5. The maximum Gasteiger partial charge on any atom is 0.0771 e. The number of aliphatic hydroxyl groups is 2. The van der Waals surface area contributed by atoms with E-state index < -0.39 is 5.60 Å². The van der Waals surface area contributed by atoms with Gasteiger partial charge in [-0.3, -0.25) is 0 Å². The SMILES string of the molecule is CC1CCC(O)(CN[C@@H]2CCCC[C@H]2O)CC1. The van der Waals surface area contributed by atoms with Gasteiger partial charge in [0.25, 0.3) is 0 Å². The Morgan fingerprint density at radius 1 is 1.12 bits per heavy atom. The highest BCUT2D eigenvalue weighted by Crippen LogP contribution is 2.31. The lowest BCUT2D eigenvalue weighted by molar-refractivity contribution is -0.0152. The fourth-order valence-electron chi connectivity index (χ4n) is 3.15. The van der Waals surface area contributed by atoms with Crippen LogP contribution in [0.3, 0.4) is 0 Å². The van der Waals surface area contributed by atoms with E-state index in [0.29, 0.717) is 6.54 Å². The van der Waals surface area contributed by atoms with Gasteiger partial charge in [-0.15, -0.1) is 0 Å². The summed E-state index contributed by atoms with van der Waals surface area (Å²) in [4.78, 5) is 0. The van der Waals surface area contributed by atoms with Crippen LogP contribution in [-0.2, 0) is 0 Å². The molecule has 0 aromatic carbocycles. The van der Waals surface area contributed by atoms with Crippen LogP contribution in [-0.4, -0.2) is 34.5 Å². The third kappa shape index (κ3) is 3.67. The lowest BCUT2D eigenvalue weighted by atomic mass is 9.79. The van der Waals surface area contributed by atoms with E-state index in [-0.39, 0.29) is 12.1 Å². The number of hydrogen-bond acceptors (Lipinski definition) is 3. The summed E-state index contributed by atoms with van der Waals surface area (Å²) in [6, 6.07) is 0.201. The Morgan fingerprint density at radius 2 is 1.76 bits per heavy atom. The maximum absolute atomic E-state index is 10.5. The van der Waals surface area contributed by atoms with Gasteiger partial charge in [0, 0.05) is 12.6 Å². The van der Waals surface area contributed by atoms with Crippen LogP contribution in [0, 0.1) is 5.92 Å². The molecule has 0 aromatic rings. The molecule has 0 aromatic heterocycles. The van der Waals surface area contributed by atoms with E-state index >= 15 is 0 Å². The Kier molecular flexibility index (Phi) is 4.45. The van der Waals surface area contributed by atoms with Crippen LogP contribution in [0.5, 0.6) is 0 Å². The molecule has 2 atom stereocenters. The Balaban J connectivity index is 1.76. The van der Waals surface area contributed by atoms with Gasteiger partial charge in [0.2, 0.25) is 0 Å². The quantitative estimate of drug-likeness (QED) is 0.706. The molecular formula is C14H27NO2. The van der Waals surface area contributed by atoms with E-state index in [1.807, 2.05) is 0 Å². The molecule has 2 aliphatic carbocycles. The van der Waals surface area contributed by atoms with Crippen LogP contribution in [0.2, 0.25) is 0 Å². The van der Waals surface area contributed by atoms with Crippen LogP contribution >= 0.6 is 0 Å². The monoisotopic (exact) mass is 241 g/mol. The van der Waals surface area contributed by atoms with Crippen molar-refractivity contribution in [2.24, 2.45) is 5.92 Å². The predicted molar refractivity (Wildman–Crippen MR) is 68.8 cm³/mol. The van der Waals surface area contributed by atoms with Crippen molar-refractivity contribution in [3.63, 3.8) is 0 Å². The minimum Gasteiger partial charge on any atom is -0.392 e. The Labute approximate surface area is 105 Å². The van der Waals surface area contributed by atoms with Gasteiger partial charge in [-0.25, -0.2) is 0 Å². The van der Waals surface area contributed by atoms with E-state index in [0.717, 1.165) is 50.9 Å². The molecule has 0 amide bonds. The molecule has 2 fully saturated rings. The van der Waals surface area contributed by atoms with Gasteiger partial charge in [-0.2, -0.15) is 0 Å². The fourth-order valence-corrected chi connectivity index (χ4v) is 3.15. The average molecular weight is 241 g/mol. The standard InChI is InChI=1S/C14H27NO2/c1-11-6-8-14(17,9-7-11)10-15-12-4-2-3-5-13(12)16/h11-13,15-17H,2-10H2,1H3/t11?,12-,13-,14?/m1/s1. The van der Waals surface area contributed by atoms with Crippen molar-refractivity contribution < 1.29 is 10.2 Å². The first-order chi connectivity index (χ1) is 8.09. The smallest absolute Gasteiger partial charge is 0.0771 e. The highest BCUT2D eigenvalue weighted by atomic mass is 16.3. The second kappa shape index (κ2) is 5.68. The molecule has 3 nitrogen and oxygen atoms in total. The first-order valence-electron chi connectivity index (χ1n) is 7.23. The second-order valence-electron chi connectivity index (χ2n) is 6.25. The molecule has 0 aliphatic heterocycles. The molecule has 0 spiro atoms. The molecule has 2 rings (SSSR count). The number of rotatable bonds is 3. The summed E-state index contributed by atoms with van der Waals surface area (Å²) in [6.45, 7) is 2.92. The van der Waals surface area contributed by atoms with Crippen molar-refractivity contribution in [1.29, 1.82) is 0 Å². The summed E-state index contributed by atoms with van der Waals surface area (Å²) in [7, 11) is 0. The van der Waals surface area contributed by atoms with Crippen LogP contribution < -0.4 is 5.32 Å². The molecule has 0 bridgehead atoms. The molecule has 17 heavy (non-hydrogen) atoms. The molecule has 3 N–H and O–H groups in total. The Morgan fingerprint density at radius 3 is 2.41 bits per heavy atom. The summed E-state index contributed by atoms with van der Waals surface area (Å²) in [5.41, 5.74) is -0.524. The molecule has 2 saturated carbocycles. The van der Waals surface area contributed by atoms with Crippen molar-refractivity contribution >= 4 is 0 Å². The average Bonchev–Trinajstić information content (AvgIpc) is 2.33. The van der Waals surface area contributed by atoms with Crippen molar-refractivity contribution in [3.05, 3.63) is 0 Å². The number of hydrogen-bond donors (Lipinski definition) is 3. The largest absolute Gasteiger partial charge is 0.392 e. The van der Waals surface area contributed by atoms with Gasteiger partial charge in [0.15, 0.2) is 0 Å². The zero-order chi connectivity index (χ0) is 12.3. The van der Waals surface area contributed by atoms with Gasteiger partial charge in [0.1, 0.15) is 0 Å². The third-order valence-corrected chi connectivity index (χ3v) is 4.63. The third-order valence-electron chi connectivity index (χ3n) is 4.63. The van der Waals surface area contributed by atoms with Crippen LogP contribution in [0.1, 0.15) is 58.3 Å². The summed E-state index contributed by atoms with van der Waals surface area (Å²) in [6.07, 6.45) is 8.16. The molecular weight excluding hydrogens is 214 g/mol. The van der Waals surface area contributed by atoms with Crippen LogP contribution in [0.15, 0.2) is 0 Å². The fraction of sp³-hybridized carbons (Fsp3) is 1.00. The van der Waals surface area contributed by atoms with Crippen molar-refractivity contribution in [2.75, 3.05) is 6.54 Å². The first-order valence-corrected chi connectivity index (χ1v) is 7.23. The zero-order valence-corrected chi connectivity index (χ0v) is 11.0. The molecule has 100 valence electrons. The van der Waals surface area contributed by atoms with Crippen LogP contribution in [0.25, 0.3) is 0 Å². The molecule has 0 saturated heterocycles. The van der Waals surface area contributed by atoms with Gasteiger partial charge in [-0.05, 0) is 44.4 Å². The number of aliphatic hydroxyl groups excluding tert-OH is 1. The second-order valence-corrected chi connectivity index (χ2v) is 6.25. The predicted octanol–water partition coefficient (Wildman–Crippen LogP) is 1.82. The normalized spacial score (nSPS) is 43.6. The highest BCUT2D eigenvalue weighted by Gasteiger charge is 2.33. The molecule has 0 radical (unpaired) electrons. The van der Waals surface area contributed by atoms with E-state index in [9.17, 15) is 10.2 Å². The lowest BCUT2D eigenvalue weighted by Crippen LogP contribution is -2.50. The van der Waals surface area contributed by atoms with Gasteiger partial charge < -0.3 is 15.5 Å². The molecule has 3 heteroatoms. The van der Waals surface area contributed by atoms with Crippen molar-refractivity contribution in [1.82, 2.24) is 5.32 Å². The van der Waals surface area contributed by atoms with Gasteiger partial charge in [0.05, 0.1) is 11.7 Å². The summed E-state index contributed by atoms with van der Waals surface area (Å²) >= 11 is 0. The Hall–Kier alpha value is -0.120. The van der Waals surface area contributed by atoms with Crippen molar-refractivity contribution in [2.45, 2.75) is 76.0 Å². The highest BCUT2D eigenvalue weighted by molar-refractivity contribution is 4.89. The minimum atomic E-state index is -0.524. The van der Waals surface area contributed by atoms with Gasteiger partial charge in [-0.1, -0.05) is 19.8 Å². The summed E-state index contributed by atoms with van der Waals surface area (Å²) in [5, 5.41) is 23.7. The topological polar surface area (TPSA) is 52.5 Å². The van der Waals surface area contributed by atoms with Crippen LogP contribution in [0.4, 0.5) is 0 Å². The van der Waals surface area contributed by atoms with Gasteiger partial charge >= 0.3 is 0 Å². The zero-order valence-electron chi connectivity index (χ0n) is 11.0. The first kappa shape index (κ1) is 13.3. The minimum absolute atomic E-state index is 0.201. The van der Waals surface area contributed by atoms with E-state index in [2.05, 4.69) is 12.2 Å². The summed E-state index contributed by atoms with van der Waals surface area (Å²) in [5.74, 6) is 0.760. The van der Waals surface area contributed by atoms with E-state index in [1.165, 1.54) is 6.42 Å². The van der Waals surface area contributed by atoms with E-state index in [1.54, 1.807) is 0 Å². The summed E-state index contributed by atoms with van der Waals surface area (Å²) < 4.78 is 0. The Bertz CT molecular complexity index is 236.